The second-order valence-corrected chi connectivity index (χ2v) is 2.82. The predicted molar refractivity (Wildman–Crippen MR) is 45.3 cm³/mol. The molecule has 1 rings (SSSR count). The second kappa shape index (κ2) is 3.53. The highest BCUT2D eigenvalue weighted by Crippen LogP contribution is 2.01. The summed E-state index contributed by atoms with van der Waals surface area (Å²) in [7, 11) is 0. The smallest absolute Gasteiger partial charge is 0.0492 e. The quantitative estimate of drug-likeness (QED) is 0.697. The monoisotopic (exact) mass is 153 g/mol. The van der Waals surface area contributed by atoms with Crippen molar-refractivity contribution in [2.45, 2.75) is 32.9 Å². The van der Waals surface area contributed by atoms with E-state index in [1.54, 1.807) is 0 Å². The van der Waals surface area contributed by atoms with Crippen LogP contribution >= 0.6 is 0 Å². The summed E-state index contributed by atoms with van der Waals surface area (Å²) in [6.07, 6.45) is 2.73. The van der Waals surface area contributed by atoms with Crippen molar-refractivity contribution in [1.29, 1.82) is 0 Å². The van der Waals surface area contributed by atoms with Crippen molar-refractivity contribution in [1.82, 2.24) is 9.78 Å². The van der Waals surface area contributed by atoms with Crippen LogP contribution in [0.15, 0.2) is 12.3 Å². The van der Waals surface area contributed by atoms with Gasteiger partial charge in [0.05, 0.1) is 0 Å². The topological polar surface area (TPSA) is 43.8 Å². The Morgan fingerprint density at radius 3 is 3.00 bits per heavy atom. The predicted octanol–water partition coefficient (Wildman–Crippen LogP) is 0.793. The standard InChI is InChI=1S/C8H15N3/c1-3-11-8(4-5-10-11)6-7(2)9/h4-5,7H,3,6,9H2,1-2H3/t7-/m0/s1. The van der Waals surface area contributed by atoms with E-state index >= 15 is 0 Å². The molecule has 0 aliphatic heterocycles. The number of aromatic nitrogens is 2. The van der Waals surface area contributed by atoms with Crippen LogP contribution in [0.3, 0.4) is 0 Å². The van der Waals surface area contributed by atoms with Crippen molar-refractivity contribution >= 4 is 0 Å². The average molecular weight is 153 g/mol. The third-order valence-corrected chi connectivity index (χ3v) is 1.64. The van der Waals surface area contributed by atoms with Crippen LogP contribution in [0.1, 0.15) is 19.5 Å². The summed E-state index contributed by atoms with van der Waals surface area (Å²) >= 11 is 0. The number of rotatable bonds is 3. The van der Waals surface area contributed by atoms with Gasteiger partial charge in [-0.05, 0) is 19.9 Å². The molecule has 0 saturated carbocycles. The second-order valence-electron chi connectivity index (χ2n) is 2.82. The summed E-state index contributed by atoms with van der Waals surface area (Å²) in [5.41, 5.74) is 6.89. The molecule has 1 heterocycles. The van der Waals surface area contributed by atoms with E-state index in [4.69, 9.17) is 5.73 Å². The fraction of sp³-hybridized carbons (Fsp3) is 0.625. The minimum Gasteiger partial charge on any atom is -0.328 e. The Morgan fingerprint density at radius 1 is 1.73 bits per heavy atom. The summed E-state index contributed by atoms with van der Waals surface area (Å²) in [6, 6.07) is 2.24. The lowest BCUT2D eigenvalue weighted by atomic mass is 10.2. The van der Waals surface area contributed by atoms with Crippen molar-refractivity contribution in [2.24, 2.45) is 5.73 Å². The summed E-state index contributed by atoms with van der Waals surface area (Å²) in [5.74, 6) is 0. The van der Waals surface area contributed by atoms with Gasteiger partial charge in [-0.1, -0.05) is 0 Å². The lowest BCUT2D eigenvalue weighted by Crippen LogP contribution is -2.20. The van der Waals surface area contributed by atoms with Crippen LogP contribution in [0.25, 0.3) is 0 Å². The van der Waals surface area contributed by atoms with Crippen molar-refractivity contribution in [2.75, 3.05) is 0 Å². The van der Waals surface area contributed by atoms with Gasteiger partial charge >= 0.3 is 0 Å². The van der Waals surface area contributed by atoms with E-state index < -0.39 is 0 Å². The molecule has 0 unspecified atom stereocenters. The van der Waals surface area contributed by atoms with Gasteiger partial charge in [-0.25, -0.2) is 0 Å². The first-order valence-electron chi connectivity index (χ1n) is 4.00. The van der Waals surface area contributed by atoms with Crippen molar-refractivity contribution in [3.8, 4) is 0 Å². The molecule has 0 saturated heterocycles. The molecule has 0 radical (unpaired) electrons. The SMILES string of the molecule is CCn1nccc1C[C@H](C)N. The summed E-state index contributed by atoms with van der Waals surface area (Å²) in [5, 5.41) is 4.15. The van der Waals surface area contributed by atoms with Gasteiger partial charge < -0.3 is 5.73 Å². The van der Waals surface area contributed by atoms with Crippen LogP contribution in [0.5, 0.6) is 0 Å². The summed E-state index contributed by atoms with van der Waals surface area (Å²) < 4.78 is 1.98. The Hall–Kier alpha value is -0.830. The molecule has 0 fully saturated rings. The van der Waals surface area contributed by atoms with Crippen molar-refractivity contribution in [3.05, 3.63) is 18.0 Å². The zero-order valence-electron chi connectivity index (χ0n) is 7.12. The Morgan fingerprint density at radius 2 is 2.45 bits per heavy atom. The molecular weight excluding hydrogens is 138 g/mol. The van der Waals surface area contributed by atoms with Gasteiger partial charge in [0, 0.05) is 30.9 Å². The van der Waals surface area contributed by atoms with E-state index in [9.17, 15) is 0 Å². The number of nitrogens with two attached hydrogens (primary N) is 1. The maximum Gasteiger partial charge on any atom is 0.0492 e. The molecule has 0 aliphatic rings. The molecule has 1 aromatic heterocycles. The zero-order valence-corrected chi connectivity index (χ0v) is 7.12. The molecule has 1 atom stereocenters. The zero-order chi connectivity index (χ0) is 8.27. The van der Waals surface area contributed by atoms with Gasteiger partial charge in [0.1, 0.15) is 0 Å². The van der Waals surface area contributed by atoms with Gasteiger partial charge in [-0.3, -0.25) is 4.68 Å². The molecule has 0 aliphatic carbocycles. The highest BCUT2D eigenvalue weighted by molar-refractivity contribution is 5.01. The fourth-order valence-electron chi connectivity index (χ4n) is 1.15. The van der Waals surface area contributed by atoms with Gasteiger partial charge in [0.25, 0.3) is 0 Å². The molecule has 62 valence electrons. The van der Waals surface area contributed by atoms with Crippen LogP contribution in [-0.2, 0) is 13.0 Å². The number of nitrogens with zero attached hydrogens (tertiary/aromatic N) is 2. The molecule has 0 bridgehead atoms. The van der Waals surface area contributed by atoms with E-state index in [2.05, 4.69) is 12.0 Å². The Bertz CT molecular complexity index is 215. The van der Waals surface area contributed by atoms with E-state index in [0.29, 0.717) is 0 Å². The lowest BCUT2D eigenvalue weighted by molar-refractivity contribution is 0.595. The van der Waals surface area contributed by atoms with Crippen LogP contribution in [0, 0.1) is 0 Å². The first-order chi connectivity index (χ1) is 5.24. The normalized spacial score (nSPS) is 13.4. The van der Waals surface area contributed by atoms with Crippen LogP contribution < -0.4 is 5.73 Å². The minimum atomic E-state index is 0.219. The Kier molecular flexibility index (Phi) is 2.65. The van der Waals surface area contributed by atoms with E-state index in [1.807, 2.05) is 23.9 Å². The summed E-state index contributed by atoms with van der Waals surface area (Å²) in [6.45, 7) is 5.01. The van der Waals surface area contributed by atoms with Gasteiger partial charge in [0.2, 0.25) is 0 Å². The van der Waals surface area contributed by atoms with Crippen LogP contribution in [-0.4, -0.2) is 15.8 Å². The van der Waals surface area contributed by atoms with Gasteiger partial charge in [-0.2, -0.15) is 5.10 Å². The molecule has 0 aromatic carbocycles. The molecule has 0 spiro atoms. The minimum absolute atomic E-state index is 0.219. The largest absolute Gasteiger partial charge is 0.328 e. The van der Waals surface area contributed by atoms with E-state index in [-0.39, 0.29) is 6.04 Å². The number of hydrogen-bond donors (Lipinski definition) is 1. The Balaban J connectivity index is 2.68. The highest BCUT2D eigenvalue weighted by Gasteiger charge is 2.02. The first kappa shape index (κ1) is 8.27. The maximum absolute atomic E-state index is 5.67. The molecule has 3 nitrogen and oxygen atoms in total. The van der Waals surface area contributed by atoms with Crippen molar-refractivity contribution < 1.29 is 0 Å². The Labute approximate surface area is 67.2 Å². The summed E-state index contributed by atoms with van der Waals surface area (Å²) in [4.78, 5) is 0. The molecule has 11 heavy (non-hydrogen) atoms. The van der Waals surface area contributed by atoms with Crippen LogP contribution in [0.4, 0.5) is 0 Å². The number of aryl methyl sites for hydroxylation is 1. The molecule has 1 aromatic rings. The third-order valence-electron chi connectivity index (χ3n) is 1.64. The van der Waals surface area contributed by atoms with Gasteiger partial charge in [0.15, 0.2) is 0 Å². The molecular formula is C8H15N3. The molecule has 2 N–H and O–H groups in total. The molecule has 3 heteroatoms. The fourth-order valence-corrected chi connectivity index (χ4v) is 1.15. The average Bonchev–Trinajstić information content (AvgIpc) is 2.34. The molecule has 0 amide bonds. The third kappa shape index (κ3) is 2.05. The van der Waals surface area contributed by atoms with Crippen molar-refractivity contribution in [3.63, 3.8) is 0 Å². The van der Waals surface area contributed by atoms with E-state index in [1.165, 1.54) is 5.69 Å². The lowest BCUT2D eigenvalue weighted by Gasteiger charge is -2.06. The first-order valence-corrected chi connectivity index (χ1v) is 4.00. The van der Waals surface area contributed by atoms with E-state index in [0.717, 1.165) is 13.0 Å². The number of hydrogen-bond acceptors (Lipinski definition) is 2. The maximum atomic E-state index is 5.67. The highest BCUT2D eigenvalue weighted by atomic mass is 15.3. The van der Waals surface area contributed by atoms with Crippen LogP contribution in [0.2, 0.25) is 0 Å². The van der Waals surface area contributed by atoms with Gasteiger partial charge in [-0.15, -0.1) is 0 Å².